The monoisotopic (exact) mass is 344 g/mol. The van der Waals surface area contributed by atoms with E-state index in [0.717, 1.165) is 16.7 Å². The normalized spacial score (nSPS) is 9.68. The third-order valence-electron chi connectivity index (χ3n) is 3.01. The summed E-state index contributed by atoms with van der Waals surface area (Å²) in [5.74, 6) is 0.882. The molecular formula is C21H28O4. The van der Waals surface area contributed by atoms with E-state index in [2.05, 4.69) is 0 Å². The molecule has 0 N–H and O–H groups in total. The number of rotatable bonds is 8. The highest BCUT2D eigenvalue weighted by atomic mass is 16.6. The Bertz CT molecular complexity index is 669. The maximum absolute atomic E-state index is 12.0. The number of hydrogen-bond donors (Lipinski definition) is 0. The standard InChI is InChI=1S/C21H28O4/c1-15(2)10-12-23-18-8-7-9-19(25-20(22)14-17(5)6)21(18)24-13-11-16(3)4/h7-11,14H,12-13H2,1-6H3. The molecule has 4 heteroatoms. The highest BCUT2D eigenvalue weighted by molar-refractivity contribution is 5.85. The first kappa shape index (κ1) is 20.6. The fraction of sp³-hybridized carbons (Fsp3) is 0.381. The van der Waals surface area contributed by atoms with Crippen molar-refractivity contribution in [1.82, 2.24) is 0 Å². The maximum Gasteiger partial charge on any atom is 0.336 e. The van der Waals surface area contributed by atoms with Gasteiger partial charge in [0.25, 0.3) is 0 Å². The summed E-state index contributed by atoms with van der Waals surface area (Å²) in [5.41, 5.74) is 3.18. The fourth-order valence-corrected chi connectivity index (χ4v) is 1.80. The van der Waals surface area contributed by atoms with Gasteiger partial charge in [0, 0.05) is 6.08 Å². The number of carbonyl (C=O) groups is 1. The summed E-state index contributed by atoms with van der Waals surface area (Å²) in [4.78, 5) is 12.0. The van der Waals surface area contributed by atoms with Crippen LogP contribution in [0.25, 0.3) is 0 Å². The van der Waals surface area contributed by atoms with Crippen LogP contribution in [-0.2, 0) is 4.79 Å². The van der Waals surface area contributed by atoms with Crippen LogP contribution in [0.2, 0.25) is 0 Å². The van der Waals surface area contributed by atoms with Crippen molar-refractivity contribution in [3.63, 3.8) is 0 Å². The minimum Gasteiger partial charge on any atom is -0.485 e. The molecule has 0 heterocycles. The van der Waals surface area contributed by atoms with E-state index in [9.17, 15) is 4.79 Å². The fourth-order valence-electron chi connectivity index (χ4n) is 1.80. The molecule has 0 amide bonds. The number of ether oxygens (including phenoxy) is 3. The largest absolute Gasteiger partial charge is 0.485 e. The molecule has 0 radical (unpaired) electrons. The van der Waals surface area contributed by atoms with Gasteiger partial charge in [-0.25, -0.2) is 4.79 Å². The third kappa shape index (κ3) is 8.25. The van der Waals surface area contributed by atoms with Crippen LogP contribution in [0, 0.1) is 0 Å². The van der Waals surface area contributed by atoms with Gasteiger partial charge < -0.3 is 14.2 Å². The highest BCUT2D eigenvalue weighted by Crippen LogP contribution is 2.37. The first-order valence-electron chi connectivity index (χ1n) is 8.31. The highest BCUT2D eigenvalue weighted by Gasteiger charge is 2.14. The van der Waals surface area contributed by atoms with Crippen molar-refractivity contribution < 1.29 is 19.0 Å². The minimum atomic E-state index is -0.437. The van der Waals surface area contributed by atoms with E-state index in [-0.39, 0.29) is 0 Å². The van der Waals surface area contributed by atoms with Gasteiger partial charge >= 0.3 is 5.97 Å². The zero-order valence-corrected chi connectivity index (χ0v) is 16.0. The molecule has 0 unspecified atom stereocenters. The summed E-state index contributed by atoms with van der Waals surface area (Å²) in [6.45, 7) is 12.5. The number of allylic oxidation sites excluding steroid dienone is 3. The Balaban J connectivity index is 3.07. The van der Waals surface area contributed by atoms with Gasteiger partial charge in [-0.1, -0.05) is 22.8 Å². The van der Waals surface area contributed by atoms with Gasteiger partial charge in [0.1, 0.15) is 13.2 Å². The average Bonchev–Trinajstić information content (AvgIpc) is 2.48. The van der Waals surface area contributed by atoms with Gasteiger partial charge in [-0.2, -0.15) is 0 Å². The summed E-state index contributed by atoms with van der Waals surface area (Å²) < 4.78 is 17.0. The summed E-state index contributed by atoms with van der Waals surface area (Å²) in [6.07, 6.45) is 5.37. The number of esters is 1. The first-order chi connectivity index (χ1) is 11.8. The second-order valence-corrected chi connectivity index (χ2v) is 6.41. The lowest BCUT2D eigenvalue weighted by molar-refractivity contribution is -0.129. The van der Waals surface area contributed by atoms with E-state index >= 15 is 0 Å². The molecule has 0 aliphatic rings. The topological polar surface area (TPSA) is 44.8 Å². The Morgan fingerprint density at radius 2 is 1.40 bits per heavy atom. The SMILES string of the molecule is CC(C)=CCOc1cccc(OC(=O)C=C(C)C)c1OCC=C(C)C. The number of benzene rings is 1. The van der Waals surface area contributed by atoms with Crippen molar-refractivity contribution in [2.24, 2.45) is 0 Å². The second-order valence-electron chi connectivity index (χ2n) is 6.41. The van der Waals surface area contributed by atoms with Gasteiger partial charge in [-0.3, -0.25) is 0 Å². The van der Waals surface area contributed by atoms with E-state index in [1.54, 1.807) is 18.2 Å². The van der Waals surface area contributed by atoms with Crippen LogP contribution in [-0.4, -0.2) is 19.2 Å². The van der Waals surface area contributed by atoms with Crippen molar-refractivity contribution in [2.75, 3.05) is 13.2 Å². The molecule has 0 aliphatic carbocycles. The molecule has 0 fully saturated rings. The Morgan fingerprint density at radius 1 is 0.840 bits per heavy atom. The molecule has 25 heavy (non-hydrogen) atoms. The smallest absolute Gasteiger partial charge is 0.336 e. The van der Waals surface area contributed by atoms with E-state index in [4.69, 9.17) is 14.2 Å². The summed E-state index contributed by atoms with van der Waals surface area (Å²) in [7, 11) is 0. The minimum absolute atomic E-state index is 0.347. The molecule has 1 aromatic carbocycles. The zero-order chi connectivity index (χ0) is 18.8. The molecule has 0 spiro atoms. The van der Waals surface area contributed by atoms with Crippen molar-refractivity contribution in [2.45, 2.75) is 41.5 Å². The van der Waals surface area contributed by atoms with Gasteiger partial charge in [0.05, 0.1) is 0 Å². The van der Waals surface area contributed by atoms with E-state index in [1.165, 1.54) is 6.08 Å². The second kappa shape index (κ2) is 10.4. The predicted octanol–water partition coefficient (Wildman–Crippen LogP) is 5.25. The van der Waals surface area contributed by atoms with Crippen molar-refractivity contribution in [3.05, 3.63) is 53.1 Å². The predicted molar refractivity (Wildman–Crippen MR) is 101 cm³/mol. The Kier molecular flexibility index (Phi) is 8.54. The van der Waals surface area contributed by atoms with Crippen LogP contribution in [0.1, 0.15) is 41.5 Å². The quantitative estimate of drug-likeness (QED) is 0.280. The summed E-state index contributed by atoms with van der Waals surface area (Å²) in [5, 5.41) is 0. The van der Waals surface area contributed by atoms with Crippen molar-refractivity contribution >= 4 is 5.97 Å². The molecule has 0 bridgehead atoms. The van der Waals surface area contributed by atoms with Crippen LogP contribution in [0.15, 0.2) is 53.1 Å². The molecule has 0 aliphatic heterocycles. The van der Waals surface area contributed by atoms with Crippen LogP contribution in [0.5, 0.6) is 17.2 Å². The molecule has 136 valence electrons. The summed E-state index contributed by atoms with van der Waals surface area (Å²) >= 11 is 0. The van der Waals surface area contributed by atoms with Crippen LogP contribution in [0.4, 0.5) is 0 Å². The van der Waals surface area contributed by atoms with Crippen LogP contribution >= 0.6 is 0 Å². The van der Waals surface area contributed by atoms with E-state index in [0.29, 0.717) is 30.5 Å². The molecule has 1 aromatic rings. The van der Waals surface area contributed by atoms with Crippen molar-refractivity contribution in [1.29, 1.82) is 0 Å². The average molecular weight is 344 g/mol. The van der Waals surface area contributed by atoms with Crippen LogP contribution < -0.4 is 14.2 Å². The van der Waals surface area contributed by atoms with E-state index < -0.39 is 5.97 Å². The number of hydrogen-bond acceptors (Lipinski definition) is 4. The van der Waals surface area contributed by atoms with Gasteiger partial charge in [0.15, 0.2) is 11.5 Å². The molecule has 1 rings (SSSR count). The molecular weight excluding hydrogens is 316 g/mol. The number of para-hydroxylation sites is 1. The van der Waals surface area contributed by atoms with Gasteiger partial charge in [0.2, 0.25) is 5.75 Å². The van der Waals surface area contributed by atoms with Crippen LogP contribution in [0.3, 0.4) is 0 Å². The maximum atomic E-state index is 12.0. The first-order valence-corrected chi connectivity index (χ1v) is 8.31. The zero-order valence-electron chi connectivity index (χ0n) is 16.0. The molecule has 0 aromatic heterocycles. The lowest BCUT2D eigenvalue weighted by Gasteiger charge is -2.15. The molecule has 0 saturated heterocycles. The van der Waals surface area contributed by atoms with Gasteiger partial charge in [-0.15, -0.1) is 0 Å². The lowest BCUT2D eigenvalue weighted by atomic mass is 10.2. The molecule has 0 atom stereocenters. The number of carbonyl (C=O) groups excluding carboxylic acids is 1. The molecule has 4 nitrogen and oxygen atoms in total. The lowest BCUT2D eigenvalue weighted by Crippen LogP contribution is -2.08. The van der Waals surface area contributed by atoms with E-state index in [1.807, 2.05) is 53.7 Å². The Morgan fingerprint density at radius 3 is 1.96 bits per heavy atom. The van der Waals surface area contributed by atoms with Gasteiger partial charge in [-0.05, 0) is 65.8 Å². The Labute approximate surface area is 150 Å². The molecule has 0 saturated carbocycles. The Hall–Kier alpha value is -2.49. The summed E-state index contributed by atoms with van der Waals surface area (Å²) in [6, 6.07) is 5.27. The van der Waals surface area contributed by atoms with Crippen molar-refractivity contribution in [3.8, 4) is 17.2 Å². The third-order valence-corrected chi connectivity index (χ3v) is 3.01.